The molecule has 0 bridgehead atoms. The van der Waals surface area contributed by atoms with Crippen LogP contribution >= 0.6 is 0 Å². The Morgan fingerprint density at radius 2 is 2.00 bits per heavy atom. The third kappa shape index (κ3) is 3.25. The summed E-state index contributed by atoms with van der Waals surface area (Å²) in [5.41, 5.74) is 1.99. The average molecular weight is 264 g/mol. The van der Waals surface area contributed by atoms with Crippen LogP contribution in [0.2, 0.25) is 0 Å². The van der Waals surface area contributed by atoms with Crippen molar-refractivity contribution in [2.75, 3.05) is 17.2 Å². The number of nitrogens with one attached hydrogen (secondary N) is 2. The molecule has 1 aliphatic heterocycles. The fourth-order valence-corrected chi connectivity index (χ4v) is 2.40. The van der Waals surface area contributed by atoms with Crippen molar-refractivity contribution in [3.63, 3.8) is 0 Å². The molecule has 1 aliphatic rings. The van der Waals surface area contributed by atoms with Gasteiger partial charge in [0.25, 0.3) is 0 Å². The standard InChI is InChI=1S/C15H21FN2O/c1-9-5-12-13(6-11(9)16)18-14(19)10(8-17-12)7-15(2,3)4/h5-6,10,17H,7-8H2,1-4H3,(H,18,19). The third-order valence-corrected chi connectivity index (χ3v) is 3.33. The van der Waals surface area contributed by atoms with Crippen LogP contribution in [0.5, 0.6) is 0 Å². The first-order valence-corrected chi connectivity index (χ1v) is 6.61. The largest absolute Gasteiger partial charge is 0.383 e. The predicted octanol–water partition coefficient (Wildman–Crippen LogP) is 3.55. The maximum atomic E-state index is 13.6. The number of hydrogen-bond acceptors (Lipinski definition) is 2. The van der Waals surface area contributed by atoms with Crippen molar-refractivity contribution < 1.29 is 9.18 Å². The Labute approximate surface area is 113 Å². The van der Waals surface area contributed by atoms with Crippen LogP contribution in [0.15, 0.2) is 12.1 Å². The minimum atomic E-state index is -0.296. The second-order valence-corrected chi connectivity index (χ2v) is 6.48. The molecular weight excluding hydrogens is 243 g/mol. The first kappa shape index (κ1) is 13.8. The molecule has 1 aromatic carbocycles. The monoisotopic (exact) mass is 264 g/mol. The Bertz CT molecular complexity index is 506. The molecule has 1 atom stereocenters. The lowest BCUT2D eigenvalue weighted by molar-refractivity contribution is -0.120. The van der Waals surface area contributed by atoms with Crippen LogP contribution in [0.1, 0.15) is 32.8 Å². The number of carbonyl (C=O) groups excluding carboxylic acids is 1. The summed E-state index contributed by atoms with van der Waals surface area (Å²) in [6.07, 6.45) is 0.793. The summed E-state index contributed by atoms with van der Waals surface area (Å²) in [7, 11) is 0. The van der Waals surface area contributed by atoms with E-state index in [2.05, 4.69) is 31.4 Å². The number of rotatable bonds is 1. The second kappa shape index (κ2) is 4.83. The van der Waals surface area contributed by atoms with E-state index in [1.54, 1.807) is 13.0 Å². The number of amides is 1. The highest BCUT2D eigenvalue weighted by Gasteiger charge is 2.28. The van der Waals surface area contributed by atoms with Crippen LogP contribution < -0.4 is 10.6 Å². The molecular formula is C15H21FN2O. The van der Waals surface area contributed by atoms with Crippen molar-refractivity contribution in [1.29, 1.82) is 0 Å². The average Bonchev–Trinajstić information content (AvgIpc) is 2.40. The summed E-state index contributed by atoms with van der Waals surface area (Å²) in [5.74, 6) is -0.435. The third-order valence-electron chi connectivity index (χ3n) is 3.33. The van der Waals surface area contributed by atoms with Crippen LogP contribution in [-0.4, -0.2) is 12.5 Å². The van der Waals surface area contributed by atoms with Crippen molar-refractivity contribution in [1.82, 2.24) is 0 Å². The van der Waals surface area contributed by atoms with E-state index in [4.69, 9.17) is 0 Å². The highest BCUT2D eigenvalue weighted by molar-refractivity contribution is 5.97. The summed E-state index contributed by atoms with van der Waals surface area (Å²) in [5, 5.41) is 6.07. The Morgan fingerprint density at radius 3 is 2.63 bits per heavy atom. The van der Waals surface area contributed by atoms with Crippen LogP contribution in [-0.2, 0) is 4.79 Å². The number of anilines is 2. The molecule has 1 amide bonds. The van der Waals surface area contributed by atoms with Crippen LogP contribution in [0, 0.1) is 24.1 Å². The lowest BCUT2D eigenvalue weighted by Gasteiger charge is -2.23. The molecule has 4 heteroatoms. The lowest BCUT2D eigenvalue weighted by atomic mass is 9.84. The fraction of sp³-hybridized carbons (Fsp3) is 0.533. The number of aryl methyl sites for hydroxylation is 1. The summed E-state index contributed by atoms with van der Waals surface area (Å²) in [6.45, 7) is 8.64. The summed E-state index contributed by atoms with van der Waals surface area (Å²) >= 11 is 0. The first-order chi connectivity index (χ1) is 8.76. The summed E-state index contributed by atoms with van der Waals surface area (Å²) in [4.78, 5) is 12.2. The normalized spacial score (nSPS) is 19.2. The Morgan fingerprint density at radius 1 is 1.32 bits per heavy atom. The molecule has 3 nitrogen and oxygen atoms in total. The molecule has 0 spiro atoms. The highest BCUT2D eigenvalue weighted by atomic mass is 19.1. The SMILES string of the molecule is Cc1cc2c(cc1F)NC(=O)C(CC(C)(C)C)CN2. The van der Waals surface area contributed by atoms with Gasteiger partial charge in [0.05, 0.1) is 17.3 Å². The molecule has 0 aliphatic carbocycles. The van der Waals surface area contributed by atoms with E-state index < -0.39 is 0 Å². The van der Waals surface area contributed by atoms with Gasteiger partial charge in [-0.25, -0.2) is 4.39 Å². The Hall–Kier alpha value is -1.58. The maximum absolute atomic E-state index is 13.6. The van der Waals surface area contributed by atoms with Gasteiger partial charge in [-0.15, -0.1) is 0 Å². The van der Waals surface area contributed by atoms with Gasteiger partial charge in [-0.2, -0.15) is 0 Å². The zero-order valence-electron chi connectivity index (χ0n) is 11.9. The molecule has 0 aromatic heterocycles. The molecule has 0 saturated heterocycles. The number of fused-ring (bicyclic) bond motifs is 1. The van der Waals surface area contributed by atoms with E-state index in [-0.39, 0.29) is 23.1 Å². The van der Waals surface area contributed by atoms with Crippen molar-refractivity contribution in [3.05, 3.63) is 23.5 Å². The molecule has 2 N–H and O–H groups in total. The minimum Gasteiger partial charge on any atom is -0.383 e. The van der Waals surface area contributed by atoms with Crippen LogP contribution in [0.3, 0.4) is 0 Å². The number of carbonyl (C=O) groups is 1. The molecule has 1 aromatic rings. The lowest BCUT2D eigenvalue weighted by Crippen LogP contribution is -2.29. The van der Waals surface area contributed by atoms with Gasteiger partial charge in [-0.3, -0.25) is 4.79 Å². The van der Waals surface area contributed by atoms with E-state index in [9.17, 15) is 9.18 Å². The molecule has 2 rings (SSSR count). The quantitative estimate of drug-likeness (QED) is 0.814. The van der Waals surface area contributed by atoms with Gasteiger partial charge in [-0.1, -0.05) is 20.8 Å². The fourth-order valence-electron chi connectivity index (χ4n) is 2.40. The zero-order chi connectivity index (χ0) is 14.2. The molecule has 19 heavy (non-hydrogen) atoms. The molecule has 104 valence electrons. The van der Waals surface area contributed by atoms with Crippen LogP contribution in [0.4, 0.5) is 15.8 Å². The topological polar surface area (TPSA) is 41.1 Å². The van der Waals surface area contributed by atoms with E-state index in [1.165, 1.54) is 6.07 Å². The van der Waals surface area contributed by atoms with Gasteiger partial charge in [0, 0.05) is 6.54 Å². The molecule has 1 heterocycles. The highest BCUT2D eigenvalue weighted by Crippen LogP contribution is 2.32. The van der Waals surface area contributed by atoms with Crippen LogP contribution in [0.25, 0.3) is 0 Å². The summed E-state index contributed by atoms with van der Waals surface area (Å²) < 4.78 is 13.6. The second-order valence-electron chi connectivity index (χ2n) is 6.48. The smallest absolute Gasteiger partial charge is 0.229 e. The first-order valence-electron chi connectivity index (χ1n) is 6.61. The van der Waals surface area contributed by atoms with Gasteiger partial charge in [0.15, 0.2) is 0 Å². The predicted molar refractivity (Wildman–Crippen MR) is 75.8 cm³/mol. The Balaban J connectivity index is 2.24. The van der Waals surface area contributed by atoms with E-state index in [1.807, 2.05) is 0 Å². The number of benzene rings is 1. The Kier molecular flexibility index (Phi) is 3.52. The van der Waals surface area contributed by atoms with Gasteiger partial charge < -0.3 is 10.6 Å². The van der Waals surface area contributed by atoms with Crippen molar-refractivity contribution in [2.45, 2.75) is 34.1 Å². The van der Waals surface area contributed by atoms with E-state index in [0.29, 0.717) is 17.8 Å². The molecule has 1 unspecified atom stereocenters. The molecule has 0 saturated carbocycles. The van der Waals surface area contributed by atoms with Gasteiger partial charge in [-0.05, 0) is 36.5 Å². The maximum Gasteiger partial charge on any atom is 0.229 e. The van der Waals surface area contributed by atoms with E-state index >= 15 is 0 Å². The number of hydrogen-bond donors (Lipinski definition) is 2. The zero-order valence-corrected chi connectivity index (χ0v) is 11.9. The van der Waals surface area contributed by atoms with Crippen molar-refractivity contribution in [3.8, 4) is 0 Å². The molecule has 0 fully saturated rings. The van der Waals surface area contributed by atoms with E-state index in [0.717, 1.165) is 12.1 Å². The van der Waals surface area contributed by atoms with Crippen molar-refractivity contribution in [2.24, 2.45) is 11.3 Å². The number of halogens is 1. The summed E-state index contributed by atoms with van der Waals surface area (Å²) in [6, 6.07) is 3.12. The van der Waals surface area contributed by atoms with Gasteiger partial charge in [0.2, 0.25) is 5.91 Å². The van der Waals surface area contributed by atoms with Crippen molar-refractivity contribution >= 4 is 17.3 Å². The minimum absolute atomic E-state index is 0.0376. The van der Waals surface area contributed by atoms with Gasteiger partial charge >= 0.3 is 0 Å². The molecule has 0 radical (unpaired) electrons. The van der Waals surface area contributed by atoms with Gasteiger partial charge in [0.1, 0.15) is 5.82 Å².